The van der Waals surface area contributed by atoms with Gasteiger partial charge in [-0.05, 0) is 30.7 Å². The van der Waals surface area contributed by atoms with Crippen molar-refractivity contribution in [2.45, 2.75) is 65.6 Å². The van der Waals surface area contributed by atoms with E-state index in [2.05, 4.69) is 41.9 Å². The highest BCUT2D eigenvalue weighted by Crippen LogP contribution is 2.37. The molecule has 0 amide bonds. The summed E-state index contributed by atoms with van der Waals surface area (Å²) < 4.78 is 2.12. The monoisotopic (exact) mass is 235 g/mol. The molecule has 3 heteroatoms. The number of nitrogens with zero attached hydrogens (tertiary/aromatic N) is 2. The van der Waals surface area contributed by atoms with Gasteiger partial charge in [-0.15, -0.1) is 0 Å². The second-order valence-electron chi connectivity index (χ2n) is 5.86. The van der Waals surface area contributed by atoms with E-state index < -0.39 is 0 Å². The third-order valence-corrected chi connectivity index (χ3v) is 4.03. The minimum absolute atomic E-state index is 0.454. The standard InChI is InChI=1S/C14H25N3/c1-4-10-17-12(7-9-16-17)11-15-13-6-5-8-14(13,2)3/h7,9,13,15H,4-6,8,10-11H2,1-3H3. The lowest BCUT2D eigenvalue weighted by Gasteiger charge is -2.28. The van der Waals surface area contributed by atoms with E-state index in [0.29, 0.717) is 11.5 Å². The van der Waals surface area contributed by atoms with Crippen LogP contribution in [0.3, 0.4) is 0 Å². The lowest BCUT2D eigenvalue weighted by molar-refractivity contribution is 0.280. The van der Waals surface area contributed by atoms with Gasteiger partial charge in [0, 0.05) is 25.3 Å². The molecule has 0 saturated heterocycles. The van der Waals surface area contributed by atoms with Crippen LogP contribution in [0, 0.1) is 5.41 Å². The molecule has 1 aliphatic rings. The molecule has 96 valence electrons. The Kier molecular flexibility index (Phi) is 3.87. The van der Waals surface area contributed by atoms with Crippen LogP contribution in [0.5, 0.6) is 0 Å². The number of hydrogen-bond acceptors (Lipinski definition) is 2. The molecule has 1 N–H and O–H groups in total. The SMILES string of the molecule is CCCn1nccc1CNC1CCCC1(C)C. The Morgan fingerprint density at radius 1 is 1.53 bits per heavy atom. The molecule has 17 heavy (non-hydrogen) atoms. The Labute approximate surface area is 105 Å². The van der Waals surface area contributed by atoms with Crippen molar-refractivity contribution < 1.29 is 0 Å². The molecule has 0 aromatic carbocycles. The van der Waals surface area contributed by atoms with E-state index in [0.717, 1.165) is 19.5 Å². The van der Waals surface area contributed by atoms with Gasteiger partial charge in [-0.25, -0.2) is 0 Å². The first kappa shape index (κ1) is 12.6. The van der Waals surface area contributed by atoms with Crippen molar-refractivity contribution in [1.82, 2.24) is 15.1 Å². The molecule has 1 aliphatic carbocycles. The Morgan fingerprint density at radius 2 is 2.35 bits per heavy atom. The van der Waals surface area contributed by atoms with Gasteiger partial charge in [0.2, 0.25) is 0 Å². The number of hydrogen-bond donors (Lipinski definition) is 1. The van der Waals surface area contributed by atoms with E-state index in [1.165, 1.54) is 25.0 Å². The third kappa shape index (κ3) is 2.89. The van der Waals surface area contributed by atoms with Gasteiger partial charge >= 0.3 is 0 Å². The lowest BCUT2D eigenvalue weighted by Crippen LogP contribution is -2.37. The molecule has 0 aliphatic heterocycles. The molecular weight excluding hydrogens is 210 g/mol. The topological polar surface area (TPSA) is 29.9 Å². The van der Waals surface area contributed by atoms with Crippen molar-refractivity contribution in [2.24, 2.45) is 5.41 Å². The molecule has 1 heterocycles. The third-order valence-electron chi connectivity index (χ3n) is 4.03. The molecule has 1 unspecified atom stereocenters. The fourth-order valence-electron chi connectivity index (χ4n) is 2.86. The minimum atomic E-state index is 0.454. The van der Waals surface area contributed by atoms with Crippen LogP contribution in [-0.2, 0) is 13.1 Å². The smallest absolute Gasteiger partial charge is 0.0522 e. The Balaban J connectivity index is 1.91. The fraction of sp³-hybridized carbons (Fsp3) is 0.786. The van der Waals surface area contributed by atoms with E-state index >= 15 is 0 Å². The molecule has 2 rings (SSSR count). The van der Waals surface area contributed by atoms with Gasteiger partial charge in [0.1, 0.15) is 0 Å². The van der Waals surface area contributed by atoms with Gasteiger partial charge in [-0.2, -0.15) is 5.10 Å². The highest BCUT2D eigenvalue weighted by atomic mass is 15.3. The average molecular weight is 235 g/mol. The Morgan fingerprint density at radius 3 is 3.00 bits per heavy atom. The van der Waals surface area contributed by atoms with E-state index in [1.54, 1.807) is 0 Å². The predicted octanol–water partition coefficient (Wildman–Crippen LogP) is 2.96. The van der Waals surface area contributed by atoms with E-state index in [4.69, 9.17) is 0 Å². The van der Waals surface area contributed by atoms with Crippen LogP contribution in [0.2, 0.25) is 0 Å². The first-order chi connectivity index (χ1) is 8.13. The Bertz CT molecular complexity index is 354. The van der Waals surface area contributed by atoms with E-state index in [9.17, 15) is 0 Å². The van der Waals surface area contributed by atoms with Crippen molar-refractivity contribution in [2.75, 3.05) is 0 Å². The minimum Gasteiger partial charge on any atom is -0.308 e. The summed E-state index contributed by atoms with van der Waals surface area (Å²) in [6.45, 7) is 8.92. The average Bonchev–Trinajstić information content (AvgIpc) is 2.83. The second kappa shape index (κ2) is 5.21. The van der Waals surface area contributed by atoms with E-state index in [1.807, 2.05) is 6.20 Å². The number of rotatable bonds is 5. The highest BCUT2D eigenvalue weighted by molar-refractivity contribution is 5.01. The number of aromatic nitrogens is 2. The summed E-state index contributed by atoms with van der Waals surface area (Å²) in [5.74, 6) is 0. The summed E-state index contributed by atoms with van der Waals surface area (Å²) in [4.78, 5) is 0. The molecule has 0 spiro atoms. The van der Waals surface area contributed by atoms with Crippen LogP contribution in [0.4, 0.5) is 0 Å². The zero-order valence-electron chi connectivity index (χ0n) is 11.4. The molecule has 1 aromatic heterocycles. The fourth-order valence-corrected chi connectivity index (χ4v) is 2.86. The number of nitrogens with one attached hydrogen (secondary N) is 1. The van der Waals surface area contributed by atoms with Crippen molar-refractivity contribution in [3.05, 3.63) is 18.0 Å². The summed E-state index contributed by atoms with van der Waals surface area (Å²) in [6, 6.07) is 2.79. The molecule has 1 atom stereocenters. The van der Waals surface area contributed by atoms with E-state index in [-0.39, 0.29) is 0 Å². The summed E-state index contributed by atoms with van der Waals surface area (Å²) in [5, 5.41) is 8.08. The van der Waals surface area contributed by atoms with Gasteiger partial charge in [0.15, 0.2) is 0 Å². The van der Waals surface area contributed by atoms with Crippen LogP contribution in [0.25, 0.3) is 0 Å². The zero-order chi connectivity index (χ0) is 12.3. The molecule has 1 fully saturated rings. The first-order valence-corrected chi connectivity index (χ1v) is 6.87. The maximum atomic E-state index is 4.36. The normalized spacial score (nSPS) is 23.1. The summed E-state index contributed by atoms with van der Waals surface area (Å²) >= 11 is 0. The molecule has 1 saturated carbocycles. The number of aryl methyl sites for hydroxylation is 1. The molecule has 0 radical (unpaired) electrons. The maximum Gasteiger partial charge on any atom is 0.0522 e. The van der Waals surface area contributed by atoms with Crippen LogP contribution in [-0.4, -0.2) is 15.8 Å². The largest absolute Gasteiger partial charge is 0.308 e. The van der Waals surface area contributed by atoms with Crippen molar-refractivity contribution in [3.63, 3.8) is 0 Å². The summed E-state index contributed by atoms with van der Waals surface area (Å²) in [6.07, 6.45) is 7.07. The summed E-state index contributed by atoms with van der Waals surface area (Å²) in [7, 11) is 0. The highest BCUT2D eigenvalue weighted by Gasteiger charge is 2.33. The summed E-state index contributed by atoms with van der Waals surface area (Å²) in [5.41, 5.74) is 1.77. The Hall–Kier alpha value is -0.830. The quantitative estimate of drug-likeness (QED) is 0.850. The maximum absolute atomic E-state index is 4.36. The van der Waals surface area contributed by atoms with Crippen LogP contribution < -0.4 is 5.32 Å². The first-order valence-electron chi connectivity index (χ1n) is 6.87. The van der Waals surface area contributed by atoms with Gasteiger partial charge in [-0.1, -0.05) is 27.2 Å². The molecule has 3 nitrogen and oxygen atoms in total. The second-order valence-corrected chi connectivity index (χ2v) is 5.86. The van der Waals surface area contributed by atoms with Gasteiger partial charge < -0.3 is 5.32 Å². The van der Waals surface area contributed by atoms with Crippen LogP contribution >= 0.6 is 0 Å². The van der Waals surface area contributed by atoms with Crippen molar-refractivity contribution in [3.8, 4) is 0 Å². The van der Waals surface area contributed by atoms with Crippen LogP contribution in [0.1, 0.15) is 52.1 Å². The van der Waals surface area contributed by atoms with Crippen molar-refractivity contribution in [1.29, 1.82) is 0 Å². The van der Waals surface area contributed by atoms with Crippen molar-refractivity contribution >= 4 is 0 Å². The predicted molar refractivity (Wildman–Crippen MR) is 70.8 cm³/mol. The van der Waals surface area contributed by atoms with Gasteiger partial charge in [0.25, 0.3) is 0 Å². The molecule has 1 aromatic rings. The van der Waals surface area contributed by atoms with Crippen LogP contribution in [0.15, 0.2) is 12.3 Å². The zero-order valence-corrected chi connectivity index (χ0v) is 11.4. The molecular formula is C14H25N3. The molecule has 0 bridgehead atoms. The lowest BCUT2D eigenvalue weighted by atomic mass is 9.87. The van der Waals surface area contributed by atoms with Gasteiger partial charge in [0.05, 0.1) is 5.69 Å². The van der Waals surface area contributed by atoms with Gasteiger partial charge in [-0.3, -0.25) is 4.68 Å².